The molecule has 3 aromatic rings. The van der Waals surface area contributed by atoms with Crippen LogP contribution in [-0.2, 0) is 12.8 Å². The first-order chi connectivity index (χ1) is 14.6. The predicted molar refractivity (Wildman–Crippen MR) is 113 cm³/mol. The Morgan fingerprint density at radius 3 is 1.68 bits per heavy atom. The van der Waals surface area contributed by atoms with Crippen molar-refractivity contribution in [2.75, 3.05) is 0 Å². The van der Waals surface area contributed by atoms with E-state index < -0.39 is 9.85 Å². The third-order valence-electron chi connectivity index (χ3n) is 5.12. The van der Waals surface area contributed by atoms with Crippen LogP contribution in [0.4, 0.5) is 11.4 Å². The van der Waals surface area contributed by atoms with Crippen LogP contribution in [0.3, 0.4) is 0 Å². The molecule has 0 aliphatic rings. The Bertz CT molecular complexity index is 1200. The van der Waals surface area contributed by atoms with Gasteiger partial charge in [0.25, 0.3) is 11.4 Å². The van der Waals surface area contributed by atoms with Gasteiger partial charge in [0.1, 0.15) is 17.2 Å². The zero-order valence-corrected chi connectivity index (χ0v) is 16.8. The van der Waals surface area contributed by atoms with E-state index in [0.717, 1.165) is 0 Å². The van der Waals surface area contributed by atoms with Crippen LogP contribution in [0.25, 0.3) is 0 Å². The first kappa shape index (κ1) is 21.6. The molecule has 0 aromatic heterocycles. The minimum absolute atomic E-state index is 0.0295. The second-order valence-electron chi connectivity index (χ2n) is 7.33. The minimum atomic E-state index is -0.610. The molecule has 3 N–H and O–H groups in total. The summed E-state index contributed by atoms with van der Waals surface area (Å²) in [6.45, 7) is 3.22. The lowest BCUT2D eigenvalue weighted by atomic mass is 9.94. The molecule has 0 radical (unpaired) electrons. The summed E-state index contributed by atoms with van der Waals surface area (Å²) in [7, 11) is 0. The van der Waals surface area contributed by atoms with E-state index in [1.54, 1.807) is 25.1 Å². The zero-order valence-electron chi connectivity index (χ0n) is 16.8. The number of hydrogen-bond acceptors (Lipinski definition) is 7. The Kier molecular flexibility index (Phi) is 5.78. The number of aromatic hydroxyl groups is 3. The number of nitrogens with zero attached hydrogens (tertiary/aromatic N) is 2. The van der Waals surface area contributed by atoms with Crippen molar-refractivity contribution in [3.05, 3.63) is 96.1 Å². The maximum absolute atomic E-state index is 11.4. The summed E-state index contributed by atoms with van der Waals surface area (Å²) in [6.07, 6.45) is -0.122. The van der Waals surface area contributed by atoms with Crippen LogP contribution in [-0.4, -0.2) is 25.2 Å². The van der Waals surface area contributed by atoms with Crippen molar-refractivity contribution in [3.8, 4) is 17.2 Å². The smallest absolute Gasteiger partial charge is 0.270 e. The first-order valence-corrected chi connectivity index (χ1v) is 9.32. The van der Waals surface area contributed by atoms with E-state index in [1.165, 1.54) is 31.2 Å². The number of rotatable bonds is 6. The molecule has 0 aliphatic carbocycles. The molecular weight excluding hydrogens is 404 g/mol. The number of para-hydroxylation sites is 1. The third-order valence-corrected chi connectivity index (χ3v) is 5.12. The molecule has 31 heavy (non-hydrogen) atoms. The van der Waals surface area contributed by atoms with Gasteiger partial charge in [0.05, 0.1) is 9.85 Å². The van der Waals surface area contributed by atoms with Crippen molar-refractivity contribution >= 4 is 11.4 Å². The lowest BCUT2D eigenvalue weighted by Gasteiger charge is -2.13. The molecule has 0 fully saturated rings. The highest BCUT2D eigenvalue weighted by molar-refractivity contribution is 5.56. The van der Waals surface area contributed by atoms with Gasteiger partial charge in [-0.15, -0.1) is 0 Å². The van der Waals surface area contributed by atoms with Gasteiger partial charge in [-0.05, 0) is 30.5 Å². The van der Waals surface area contributed by atoms with E-state index in [2.05, 4.69) is 0 Å². The topological polar surface area (TPSA) is 147 Å². The molecule has 0 amide bonds. The van der Waals surface area contributed by atoms with Crippen LogP contribution in [0.5, 0.6) is 17.2 Å². The predicted octanol–water partition coefficient (Wildman–Crippen LogP) is 4.42. The van der Waals surface area contributed by atoms with Crippen LogP contribution < -0.4 is 0 Å². The minimum Gasteiger partial charge on any atom is -0.507 e. The largest absolute Gasteiger partial charge is 0.507 e. The fourth-order valence-electron chi connectivity index (χ4n) is 3.46. The Balaban J connectivity index is 2.10. The van der Waals surface area contributed by atoms with Crippen molar-refractivity contribution in [2.24, 2.45) is 0 Å². The maximum Gasteiger partial charge on any atom is 0.270 e. The molecule has 0 heterocycles. The molecule has 0 bridgehead atoms. The van der Waals surface area contributed by atoms with Gasteiger partial charge in [-0.3, -0.25) is 20.2 Å². The van der Waals surface area contributed by atoms with Crippen molar-refractivity contribution in [1.82, 2.24) is 0 Å². The van der Waals surface area contributed by atoms with E-state index in [1.807, 2.05) is 0 Å². The van der Waals surface area contributed by atoms with Crippen LogP contribution in [0.1, 0.15) is 33.4 Å². The van der Waals surface area contributed by atoms with Gasteiger partial charge < -0.3 is 15.3 Å². The van der Waals surface area contributed by atoms with E-state index in [4.69, 9.17) is 0 Å². The fourth-order valence-corrected chi connectivity index (χ4v) is 3.46. The van der Waals surface area contributed by atoms with Crippen LogP contribution in [0.15, 0.2) is 42.5 Å². The number of nitro groups is 2. The lowest BCUT2D eigenvalue weighted by Crippen LogP contribution is -2.00. The molecule has 0 saturated carbocycles. The summed E-state index contributed by atoms with van der Waals surface area (Å²) in [5.41, 5.74) is 1.37. The summed E-state index contributed by atoms with van der Waals surface area (Å²) in [5.74, 6) is -0.397. The summed E-state index contributed by atoms with van der Waals surface area (Å²) in [5, 5.41) is 54.0. The Morgan fingerprint density at radius 2 is 1.13 bits per heavy atom. The summed E-state index contributed by atoms with van der Waals surface area (Å²) >= 11 is 0. The van der Waals surface area contributed by atoms with Crippen molar-refractivity contribution in [3.63, 3.8) is 0 Å². The van der Waals surface area contributed by atoms with E-state index in [0.29, 0.717) is 11.1 Å². The van der Waals surface area contributed by atoms with Gasteiger partial charge in [0, 0.05) is 53.8 Å². The Hall–Kier alpha value is -4.14. The van der Waals surface area contributed by atoms with Crippen LogP contribution in [0.2, 0.25) is 0 Å². The maximum atomic E-state index is 11.4. The normalized spacial score (nSPS) is 10.8. The Labute approximate surface area is 177 Å². The number of nitro benzene ring substituents is 2. The first-order valence-electron chi connectivity index (χ1n) is 9.32. The summed E-state index contributed by atoms with van der Waals surface area (Å²) < 4.78 is 0. The number of hydrogen-bond donors (Lipinski definition) is 3. The van der Waals surface area contributed by atoms with E-state index >= 15 is 0 Å². The molecule has 3 rings (SSSR count). The second kappa shape index (κ2) is 8.31. The molecule has 0 saturated heterocycles. The second-order valence-corrected chi connectivity index (χ2v) is 7.33. The third kappa shape index (κ3) is 4.40. The number of phenolic OH excluding ortho intramolecular Hbond substituents is 3. The van der Waals surface area contributed by atoms with Gasteiger partial charge in [0.2, 0.25) is 0 Å². The van der Waals surface area contributed by atoms with Gasteiger partial charge >= 0.3 is 0 Å². The highest BCUT2D eigenvalue weighted by Crippen LogP contribution is 2.36. The monoisotopic (exact) mass is 424 g/mol. The molecule has 0 atom stereocenters. The average molecular weight is 424 g/mol. The zero-order chi connectivity index (χ0) is 22.9. The average Bonchev–Trinajstić information content (AvgIpc) is 2.71. The molecule has 0 unspecified atom stereocenters. The van der Waals surface area contributed by atoms with Gasteiger partial charge in [-0.1, -0.05) is 18.2 Å². The SMILES string of the molecule is Cc1cccc(Cc2cc([N+](=O)[O-])cc(Cc3cc([N+](=O)[O-])cc(C)c3O)c2O)c1O. The van der Waals surface area contributed by atoms with Crippen molar-refractivity contribution in [2.45, 2.75) is 26.7 Å². The highest BCUT2D eigenvalue weighted by Gasteiger charge is 2.21. The molecule has 9 nitrogen and oxygen atoms in total. The number of phenols is 3. The van der Waals surface area contributed by atoms with Crippen molar-refractivity contribution in [1.29, 1.82) is 0 Å². The van der Waals surface area contributed by atoms with E-state index in [-0.39, 0.29) is 63.7 Å². The molecule has 160 valence electrons. The number of non-ortho nitro benzene ring substituents is 2. The fraction of sp³-hybridized carbons (Fsp3) is 0.182. The number of aryl methyl sites for hydroxylation is 2. The summed E-state index contributed by atoms with van der Waals surface area (Å²) in [4.78, 5) is 21.4. The lowest BCUT2D eigenvalue weighted by molar-refractivity contribution is -0.385. The molecular formula is C22H20N2O7. The van der Waals surface area contributed by atoms with Crippen LogP contribution >= 0.6 is 0 Å². The molecule has 0 spiro atoms. The standard InChI is InChI=1S/C22H20N2O7/c1-12-4-3-5-14(20(12)25)7-16-10-19(24(30)31)11-17(22(16)27)8-15-9-18(23(28)29)6-13(2)21(15)26/h3-6,9-11,25-27H,7-8H2,1-2H3. The molecule has 9 heteroatoms. The molecule has 3 aromatic carbocycles. The van der Waals surface area contributed by atoms with Crippen molar-refractivity contribution < 1.29 is 25.2 Å². The van der Waals surface area contributed by atoms with E-state index in [9.17, 15) is 35.5 Å². The van der Waals surface area contributed by atoms with Gasteiger partial charge in [-0.2, -0.15) is 0 Å². The molecule has 0 aliphatic heterocycles. The Morgan fingerprint density at radius 1 is 0.677 bits per heavy atom. The van der Waals surface area contributed by atoms with Gasteiger partial charge in [0.15, 0.2) is 0 Å². The quantitative estimate of drug-likeness (QED) is 0.392. The summed E-state index contributed by atoms with van der Waals surface area (Å²) in [6, 6.07) is 9.87. The number of benzene rings is 3. The van der Waals surface area contributed by atoms with Gasteiger partial charge in [-0.25, -0.2) is 0 Å². The highest BCUT2D eigenvalue weighted by atomic mass is 16.6. The van der Waals surface area contributed by atoms with Crippen LogP contribution in [0, 0.1) is 34.1 Å².